The highest BCUT2D eigenvalue weighted by Crippen LogP contribution is 2.41. The second-order valence-corrected chi connectivity index (χ2v) is 6.33. The molecular weight excluding hydrogens is 298 g/mol. The van der Waals surface area contributed by atoms with Crippen molar-refractivity contribution in [2.75, 3.05) is 12.4 Å². The molecule has 0 amide bonds. The summed E-state index contributed by atoms with van der Waals surface area (Å²) in [6.07, 6.45) is 2.32. The van der Waals surface area contributed by atoms with Crippen LogP contribution in [0.3, 0.4) is 0 Å². The van der Waals surface area contributed by atoms with Crippen molar-refractivity contribution < 1.29 is 9.53 Å². The Morgan fingerprint density at radius 3 is 2.91 bits per heavy atom. The fraction of sp³-hybridized carbons (Fsp3) is 0.438. The number of aromatic nitrogens is 3. The van der Waals surface area contributed by atoms with Crippen LogP contribution in [0.1, 0.15) is 37.1 Å². The maximum absolute atomic E-state index is 11.6. The summed E-state index contributed by atoms with van der Waals surface area (Å²) in [6.45, 7) is 4.27. The van der Waals surface area contributed by atoms with Gasteiger partial charge in [0.05, 0.1) is 12.4 Å². The summed E-state index contributed by atoms with van der Waals surface area (Å²) in [5, 5.41) is 9.38. The first-order chi connectivity index (χ1) is 10.7. The minimum atomic E-state index is -0.223. The Balaban J connectivity index is 1.88. The summed E-state index contributed by atoms with van der Waals surface area (Å²) >= 11 is 1.38. The molecule has 116 valence electrons. The number of aryl methyl sites for hydroxylation is 1. The van der Waals surface area contributed by atoms with Crippen LogP contribution in [-0.4, -0.2) is 33.1 Å². The Bertz CT molecular complexity index is 680. The SMILES string of the molecule is CCOC(=O)CSc1nnc(C2CC2)n1-c1cccc(C)c1. The van der Waals surface area contributed by atoms with Gasteiger partial charge in [0, 0.05) is 11.6 Å². The van der Waals surface area contributed by atoms with Crippen molar-refractivity contribution >= 4 is 17.7 Å². The van der Waals surface area contributed by atoms with Gasteiger partial charge >= 0.3 is 5.97 Å². The quantitative estimate of drug-likeness (QED) is 0.605. The minimum absolute atomic E-state index is 0.223. The van der Waals surface area contributed by atoms with Crippen LogP contribution in [0.4, 0.5) is 0 Å². The summed E-state index contributed by atoms with van der Waals surface area (Å²) in [6, 6.07) is 8.26. The second kappa shape index (κ2) is 6.52. The number of hydrogen-bond donors (Lipinski definition) is 0. The first-order valence-corrected chi connectivity index (χ1v) is 8.48. The van der Waals surface area contributed by atoms with E-state index in [4.69, 9.17) is 4.74 Å². The van der Waals surface area contributed by atoms with Crippen LogP contribution in [0.15, 0.2) is 29.4 Å². The lowest BCUT2D eigenvalue weighted by Gasteiger charge is -2.10. The third-order valence-corrected chi connectivity index (χ3v) is 4.39. The lowest BCUT2D eigenvalue weighted by Crippen LogP contribution is -2.08. The molecule has 0 unspecified atom stereocenters. The molecule has 1 aliphatic carbocycles. The van der Waals surface area contributed by atoms with Gasteiger partial charge in [-0.15, -0.1) is 10.2 Å². The Labute approximate surface area is 134 Å². The van der Waals surface area contributed by atoms with Crippen LogP contribution in [0, 0.1) is 6.92 Å². The Kier molecular flexibility index (Phi) is 4.47. The summed E-state index contributed by atoms with van der Waals surface area (Å²) in [5.74, 6) is 1.52. The molecule has 0 radical (unpaired) electrons. The largest absolute Gasteiger partial charge is 0.465 e. The Morgan fingerprint density at radius 1 is 1.41 bits per heavy atom. The predicted molar refractivity (Wildman–Crippen MR) is 85.4 cm³/mol. The van der Waals surface area contributed by atoms with E-state index in [0.29, 0.717) is 12.5 Å². The van der Waals surface area contributed by atoms with Gasteiger partial charge < -0.3 is 4.74 Å². The average molecular weight is 317 g/mol. The first kappa shape index (κ1) is 15.1. The Morgan fingerprint density at radius 2 is 2.23 bits per heavy atom. The van der Waals surface area contributed by atoms with Crippen LogP contribution >= 0.6 is 11.8 Å². The zero-order chi connectivity index (χ0) is 15.5. The van der Waals surface area contributed by atoms with Gasteiger partial charge in [0.15, 0.2) is 5.16 Å². The van der Waals surface area contributed by atoms with E-state index in [9.17, 15) is 4.79 Å². The number of hydrogen-bond acceptors (Lipinski definition) is 5. The average Bonchev–Trinajstić information content (AvgIpc) is 3.25. The molecule has 0 atom stereocenters. The number of carbonyl (C=O) groups is 1. The lowest BCUT2D eigenvalue weighted by atomic mass is 10.2. The third kappa shape index (κ3) is 3.32. The molecule has 0 saturated heterocycles. The van der Waals surface area contributed by atoms with Crippen molar-refractivity contribution in [3.8, 4) is 5.69 Å². The van der Waals surface area contributed by atoms with Crippen LogP contribution in [-0.2, 0) is 9.53 Å². The fourth-order valence-electron chi connectivity index (χ4n) is 2.32. The number of thioether (sulfide) groups is 1. The highest BCUT2D eigenvalue weighted by Gasteiger charge is 2.31. The molecule has 22 heavy (non-hydrogen) atoms. The molecule has 0 spiro atoms. The summed E-state index contributed by atoms with van der Waals surface area (Å²) in [7, 11) is 0. The number of rotatable bonds is 6. The lowest BCUT2D eigenvalue weighted by molar-refractivity contribution is -0.139. The highest BCUT2D eigenvalue weighted by atomic mass is 32.2. The smallest absolute Gasteiger partial charge is 0.316 e. The number of nitrogens with zero attached hydrogens (tertiary/aromatic N) is 3. The highest BCUT2D eigenvalue weighted by molar-refractivity contribution is 7.99. The topological polar surface area (TPSA) is 57.0 Å². The van der Waals surface area contributed by atoms with Gasteiger partial charge in [0.1, 0.15) is 5.82 Å². The van der Waals surface area contributed by atoms with E-state index in [1.165, 1.54) is 17.3 Å². The van der Waals surface area contributed by atoms with E-state index in [2.05, 4.69) is 39.9 Å². The second-order valence-electron chi connectivity index (χ2n) is 5.38. The van der Waals surface area contributed by atoms with Gasteiger partial charge in [0.2, 0.25) is 0 Å². The monoisotopic (exact) mass is 317 g/mol. The molecule has 5 nitrogen and oxygen atoms in total. The number of benzene rings is 1. The molecule has 0 bridgehead atoms. The molecule has 1 fully saturated rings. The van der Waals surface area contributed by atoms with Crippen LogP contribution in [0.2, 0.25) is 0 Å². The van der Waals surface area contributed by atoms with E-state index in [0.717, 1.165) is 29.5 Å². The van der Waals surface area contributed by atoms with Crippen LogP contribution in [0.5, 0.6) is 0 Å². The normalized spacial score (nSPS) is 14.1. The molecule has 1 aromatic carbocycles. The minimum Gasteiger partial charge on any atom is -0.465 e. The first-order valence-electron chi connectivity index (χ1n) is 7.49. The molecule has 6 heteroatoms. The maximum atomic E-state index is 11.6. The van der Waals surface area contributed by atoms with Crippen molar-refractivity contribution in [3.05, 3.63) is 35.7 Å². The molecule has 3 rings (SSSR count). The van der Waals surface area contributed by atoms with Gasteiger partial charge in [-0.2, -0.15) is 0 Å². The van der Waals surface area contributed by atoms with Crippen molar-refractivity contribution in [1.82, 2.24) is 14.8 Å². The fourth-order valence-corrected chi connectivity index (χ4v) is 3.07. The van der Waals surface area contributed by atoms with Crippen LogP contribution < -0.4 is 0 Å². The summed E-state index contributed by atoms with van der Waals surface area (Å²) in [4.78, 5) is 11.6. The zero-order valence-electron chi connectivity index (χ0n) is 12.8. The van der Waals surface area contributed by atoms with Gasteiger partial charge in [0.25, 0.3) is 0 Å². The van der Waals surface area contributed by atoms with Crippen molar-refractivity contribution in [2.45, 2.75) is 37.8 Å². The van der Waals surface area contributed by atoms with Crippen molar-refractivity contribution in [2.24, 2.45) is 0 Å². The van der Waals surface area contributed by atoms with Gasteiger partial charge in [-0.1, -0.05) is 23.9 Å². The number of esters is 1. The third-order valence-electron chi connectivity index (χ3n) is 3.49. The molecule has 2 aromatic rings. The van der Waals surface area contributed by atoms with E-state index >= 15 is 0 Å². The van der Waals surface area contributed by atoms with Crippen molar-refractivity contribution in [3.63, 3.8) is 0 Å². The summed E-state index contributed by atoms with van der Waals surface area (Å²) < 4.78 is 7.06. The van der Waals surface area contributed by atoms with Crippen LogP contribution in [0.25, 0.3) is 5.69 Å². The van der Waals surface area contributed by atoms with Gasteiger partial charge in [-0.05, 0) is 44.4 Å². The number of carbonyl (C=O) groups excluding carboxylic acids is 1. The van der Waals surface area contributed by atoms with Crippen molar-refractivity contribution in [1.29, 1.82) is 0 Å². The summed E-state index contributed by atoms with van der Waals surface area (Å²) in [5.41, 5.74) is 2.24. The maximum Gasteiger partial charge on any atom is 0.316 e. The molecular formula is C16H19N3O2S. The molecule has 0 N–H and O–H groups in total. The van der Waals surface area contributed by atoms with Gasteiger partial charge in [-0.25, -0.2) is 0 Å². The van der Waals surface area contributed by atoms with Gasteiger partial charge in [-0.3, -0.25) is 9.36 Å². The van der Waals surface area contributed by atoms with E-state index < -0.39 is 0 Å². The molecule has 1 saturated carbocycles. The molecule has 1 aromatic heterocycles. The van der Waals surface area contributed by atoms with E-state index in [1.54, 1.807) is 0 Å². The number of ether oxygens (including phenoxy) is 1. The van der Waals surface area contributed by atoms with E-state index in [-0.39, 0.29) is 11.7 Å². The standard InChI is InChI=1S/C16H19N3O2S/c1-3-21-14(20)10-22-16-18-17-15(12-7-8-12)19(16)13-6-4-5-11(2)9-13/h4-6,9,12H,3,7-8,10H2,1-2H3. The zero-order valence-corrected chi connectivity index (χ0v) is 13.6. The molecule has 0 aliphatic heterocycles. The Hall–Kier alpha value is -1.82. The molecule has 1 heterocycles. The molecule has 1 aliphatic rings. The van der Waals surface area contributed by atoms with E-state index in [1.807, 2.05) is 13.0 Å². The predicted octanol–water partition coefficient (Wildman–Crippen LogP) is 3.11.